The van der Waals surface area contributed by atoms with Crippen molar-refractivity contribution in [2.24, 2.45) is 0 Å². The molecule has 1 rings (SSSR count). The topological polar surface area (TPSA) is 40.9 Å². The largest absolute Gasteiger partial charge is 0.298 e. The molecule has 0 N–H and O–H groups in total. The maximum atomic E-state index is 11.0. The second-order valence-electron chi connectivity index (χ2n) is 2.79. The van der Waals surface area contributed by atoms with Crippen molar-refractivity contribution < 1.29 is 4.79 Å². The highest BCUT2D eigenvalue weighted by molar-refractivity contribution is 6.33. The molecular formula is C10H7Cl2NO. The van der Waals surface area contributed by atoms with Crippen LogP contribution in [0.5, 0.6) is 0 Å². The van der Waals surface area contributed by atoms with Crippen LogP contribution in [0.4, 0.5) is 0 Å². The van der Waals surface area contributed by atoms with Crippen molar-refractivity contribution in [3.8, 4) is 6.07 Å². The number of carbonyl (C=O) groups is 1. The van der Waals surface area contributed by atoms with E-state index in [-0.39, 0.29) is 11.3 Å². The van der Waals surface area contributed by atoms with Crippen LogP contribution in [0.3, 0.4) is 0 Å². The van der Waals surface area contributed by atoms with E-state index < -0.39 is 5.38 Å². The lowest BCUT2D eigenvalue weighted by Gasteiger charge is -2.08. The fraction of sp³-hybridized carbons (Fsp3) is 0.200. The predicted molar refractivity (Wildman–Crippen MR) is 55.4 cm³/mol. The van der Waals surface area contributed by atoms with Crippen LogP contribution in [0.2, 0.25) is 5.02 Å². The van der Waals surface area contributed by atoms with Gasteiger partial charge < -0.3 is 0 Å². The van der Waals surface area contributed by atoms with Gasteiger partial charge in [-0.1, -0.05) is 23.7 Å². The van der Waals surface area contributed by atoms with Gasteiger partial charge in [0.1, 0.15) is 11.4 Å². The van der Waals surface area contributed by atoms with Gasteiger partial charge in [-0.25, -0.2) is 0 Å². The van der Waals surface area contributed by atoms with Crippen molar-refractivity contribution in [2.75, 3.05) is 0 Å². The molecule has 0 saturated heterocycles. The first kappa shape index (κ1) is 11.0. The normalized spacial score (nSPS) is 11.9. The third-order valence-electron chi connectivity index (χ3n) is 1.79. The van der Waals surface area contributed by atoms with Crippen LogP contribution >= 0.6 is 23.2 Å². The number of nitriles is 1. The summed E-state index contributed by atoms with van der Waals surface area (Å²) in [5, 5.41) is 8.34. The number of nitrogens with zero attached hydrogens (tertiary/aromatic N) is 1. The number of rotatable bonds is 2. The second kappa shape index (κ2) is 4.45. The molecule has 0 saturated carbocycles. The van der Waals surface area contributed by atoms with E-state index in [0.717, 1.165) is 0 Å². The summed E-state index contributed by atoms with van der Waals surface area (Å²) in [5.41, 5.74) is 0.735. The predicted octanol–water partition coefficient (Wildman–Crippen LogP) is 3.08. The molecular weight excluding hydrogens is 221 g/mol. The van der Waals surface area contributed by atoms with E-state index in [9.17, 15) is 4.79 Å². The fourth-order valence-corrected chi connectivity index (χ4v) is 1.49. The highest BCUT2D eigenvalue weighted by Gasteiger charge is 2.18. The Hall–Kier alpha value is -1.04. The number of carbonyl (C=O) groups excluding carboxylic acids is 1. The van der Waals surface area contributed by atoms with E-state index in [1.54, 1.807) is 18.2 Å². The molecule has 1 unspecified atom stereocenters. The minimum absolute atomic E-state index is 0.203. The molecule has 0 spiro atoms. The highest BCUT2D eigenvalue weighted by atomic mass is 35.5. The van der Waals surface area contributed by atoms with Crippen molar-refractivity contribution in [3.05, 3.63) is 34.3 Å². The summed E-state index contributed by atoms with van der Waals surface area (Å²) in [4.78, 5) is 11.0. The van der Waals surface area contributed by atoms with Gasteiger partial charge in [-0.15, -0.1) is 11.6 Å². The number of hydrogen-bond donors (Lipinski definition) is 0. The molecule has 0 bridgehead atoms. The Balaban J connectivity index is 3.29. The van der Waals surface area contributed by atoms with Gasteiger partial charge in [-0.2, -0.15) is 5.26 Å². The maximum absolute atomic E-state index is 11.0. The molecule has 0 aromatic heterocycles. The molecule has 0 aliphatic carbocycles. The smallest absolute Gasteiger partial charge is 0.152 e. The molecule has 0 heterocycles. The first-order valence-corrected chi connectivity index (χ1v) is 4.72. The van der Waals surface area contributed by atoms with Gasteiger partial charge in [0.2, 0.25) is 0 Å². The summed E-state index contributed by atoms with van der Waals surface area (Å²) in [6, 6.07) is 6.81. The minimum atomic E-state index is -0.802. The lowest BCUT2D eigenvalue weighted by molar-refractivity contribution is -0.116. The molecule has 1 aromatic rings. The molecule has 0 radical (unpaired) electrons. The zero-order valence-corrected chi connectivity index (χ0v) is 8.93. The monoisotopic (exact) mass is 227 g/mol. The average molecular weight is 228 g/mol. The molecule has 4 heteroatoms. The lowest BCUT2D eigenvalue weighted by Crippen LogP contribution is -2.04. The number of halogens is 2. The van der Waals surface area contributed by atoms with Gasteiger partial charge in [0.15, 0.2) is 5.78 Å². The van der Waals surface area contributed by atoms with E-state index in [1.807, 2.05) is 6.07 Å². The summed E-state index contributed by atoms with van der Waals surface area (Å²) in [7, 11) is 0. The van der Waals surface area contributed by atoms with Gasteiger partial charge in [0.25, 0.3) is 0 Å². The summed E-state index contributed by atoms with van der Waals surface area (Å²) in [5.74, 6) is -0.203. The third-order valence-corrected chi connectivity index (χ3v) is 2.64. The van der Waals surface area contributed by atoms with Gasteiger partial charge in [0, 0.05) is 0 Å². The number of ketones is 1. The Morgan fingerprint density at radius 1 is 1.57 bits per heavy atom. The van der Waals surface area contributed by atoms with Gasteiger partial charge in [-0.3, -0.25) is 4.79 Å². The number of Topliss-reactive ketones (excluding diaryl/α,β-unsaturated/α-hetero) is 1. The molecule has 0 fully saturated rings. The minimum Gasteiger partial charge on any atom is -0.298 e. The number of alkyl halides is 1. The van der Waals surface area contributed by atoms with Crippen LogP contribution < -0.4 is 0 Å². The van der Waals surface area contributed by atoms with E-state index >= 15 is 0 Å². The quantitative estimate of drug-likeness (QED) is 0.729. The van der Waals surface area contributed by atoms with Gasteiger partial charge >= 0.3 is 0 Å². The van der Waals surface area contributed by atoms with Gasteiger partial charge in [0.05, 0.1) is 10.6 Å². The molecule has 72 valence electrons. The van der Waals surface area contributed by atoms with Crippen LogP contribution in [-0.2, 0) is 4.79 Å². The zero-order valence-electron chi connectivity index (χ0n) is 7.42. The van der Waals surface area contributed by atoms with Crippen LogP contribution in [0.25, 0.3) is 0 Å². The zero-order chi connectivity index (χ0) is 10.7. The van der Waals surface area contributed by atoms with E-state index in [4.69, 9.17) is 28.5 Å². The molecule has 1 atom stereocenters. The molecule has 0 amide bonds. The van der Waals surface area contributed by atoms with Crippen molar-refractivity contribution >= 4 is 29.0 Å². The Morgan fingerprint density at radius 3 is 2.71 bits per heavy atom. The lowest BCUT2D eigenvalue weighted by atomic mass is 10.0. The van der Waals surface area contributed by atoms with Crippen LogP contribution in [0.15, 0.2) is 18.2 Å². The van der Waals surface area contributed by atoms with Crippen LogP contribution in [-0.4, -0.2) is 5.78 Å². The van der Waals surface area contributed by atoms with Crippen LogP contribution in [0.1, 0.15) is 23.4 Å². The summed E-state index contributed by atoms with van der Waals surface area (Å²) >= 11 is 11.6. The average Bonchev–Trinajstić information content (AvgIpc) is 2.16. The first-order valence-electron chi connectivity index (χ1n) is 3.91. The van der Waals surface area contributed by atoms with Gasteiger partial charge in [-0.05, 0) is 18.6 Å². The Morgan fingerprint density at radius 2 is 2.21 bits per heavy atom. The van der Waals surface area contributed by atoms with Crippen LogP contribution in [0, 0.1) is 11.3 Å². The molecule has 2 nitrogen and oxygen atoms in total. The summed E-state index contributed by atoms with van der Waals surface area (Å²) in [6.07, 6.45) is 0. The van der Waals surface area contributed by atoms with Crippen molar-refractivity contribution in [1.29, 1.82) is 5.26 Å². The number of benzene rings is 1. The highest BCUT2D eigenvalue weighted by Crippen LogP contribution is 2.28. The van der Waals surface area contributed by atoms with E-state index in [0.29, 0.717) is 10.6 Å². The Labute approximate surface area is 92.1 Å². The third kappa shape index (κ3) is 2.06. The molecule has 0 aliphatic heterocycles. The SMILES string of the molecule is CC(=O)C(Cl)c1cccc(Cl)c1C#N. The molecule has 1 aromatic carbocycles. The number of hydrogen-bond acceptors (Lipinski definition) is 2. The maximum Gasteiger partial charge on any atom is 0.152 e. The standard InChI is InChI=1S/C10H7Cl2NO/c1-6(14)10(12)7-3-2-4-9(11)8(7)5-13/h2-4,10H,1H3. The van der Waals surface area contributed by atoms with E-state index in [1.165, 1.54) is 6.92 Å². The molecule has 14 heavy (non-hydrogen) atoms. The summed E-state index contributed by atoms with van der Waals surface area (Å²) < 4.78 is 0. The van der Waals surface area contributed by atoms with Crippen molar-refractivity contribution in [2.45, 2.75) is 12.3 Å². The second-order valence-corrected chi connectivity index (χ2v) is 3.63. The summed E-state index contributed by atoms with van der Waals surface area (Å²) in [6.45, 7) is 1.37. The van der Waals surface area contributed by atoms with Crippen molar-refractivity contribution in [3.63, 3.8) is 0 Å². The van der Waals surface area contributed by atoms with Crippen molar-refractivity contribution in [1.82, 2.24) is 0 Å². The Kier molecular flexibility index (Phi) is 3.51. The molecule has 0 aliphatic rings. The fourth-order valence-electron chi connectivity index (χ4n) is 1.09. The van der Waals surface area contributed by atoms with E-state index in [2.05, 4.69) is 0 Å². The first-order chi connectivity index (χ1) is 6.57. The Bertz CT molecular complexity index is 409.